The van der Waals surface area contributed by atoms with Crippen molar-refractivity contribution in [2.75, 3.05) is 5.32 Å². The minimum Gasteiger partial charge on any atom is -0.432 e. The van der Waals surface area contributed by atoms with Gasteiger partial charge in [0, 0.05) is 24.6 Å². The van der Waals surface area contributed by atoms with Crippen molar-refractivity contribution in [3.05, 3.63) is 53.2 Å². The van der Waals surface area contributed by atoms with Crippen LogP contribution in [0.5, 0.6) is 0 Å². The molecule has 0 amide bonds. The number of anilines is 1. The lowest BCUT2D eigenvalue weighted by molar-refractivity contribution is 0.636. The molecule has 4 heterocycles. The zero-order chi connectivity index (χ0) is 18.9. The van der Waals surface area contributed by atoms with E-state index in [-0.39, 0.29) is 0 Å². The number of hydrogen-bond acceptors (Lipinski definition) is 6. The second kappa shape index (κ2) is 7.19. The summed E-state index contributed by atoms with van der Waals surface area (Å²) in [5.41, 5.74) is 7.35. The fraction of sp³-hybridized carbons (Fsp3) is 0.364. The molecule has 6 nitrogen and oxygen atoms in total. The third-order valence-corrected chi connectivity index (χ3v) is 5.48. The second-order valence-corrected chi connectivity index (χ2v) is 7.37. The van der Waals surface area contributed by atoms with E-state index in [0.29, 0.717) is 23.7 Å². The zero-order valence-corrected chi connectivity index (χ0v) is 16.0. The average molecular weight is 373 g/mol. The predicted molar refractivity (Wildman–Crippen MR) is 109 cm³/mol. The van der Waals surface area contributed by atoms with E-state index in [2.05, 4.69) is 27.2 Å². The number of pyridine rings is 2. The third kappa shape index (κ3) is 2.89. The first kappa shape index (κ1) is 17.1. The number of aromatic nitrogens is 4. The van der Waals surface area contributed by atoms with Gasteiger partial charge in [-0.15, -0.1) is 0 Å². The molecule has 0 saturated carbocycles. The summed E-state index contributed by atoms with van der Waals surface area (Å²) in [7, 11) is 0. The number of fused-ring (bicyclic) bond motifs is 5. The van der Waals surface area contributed by atoms with Crippen LogP contribution in [0.25, 0.3) is 22.2 Å². The van der Waals surface area contributed by atoms with Crippen LogP contribution in [0, 0.1) is 0 Å². The fourth-order valence-electron chi connectivity index (χ4n) is 4.20. The molecule has 1 aliphatic rings. The first-order valence-corrected chi connectivity index (χ1v) is 10.1. The van der Waals surface area contributed by atoms with Gasteiger partial charge in [0.15, 0.2) is 11.4 Å². The Balaban J connectivity index is 1.63. The van der Waals surface area contributed by atoms with E-state index in [4.69, 9.17) is 9.40 Å². The Labute approximate surface area is 163 Å². The molecule has 4 aromatic rings. The van der Waals surface area contributed by atoms with Crippen LogP contribution in [0.3, 0.4) is 0 Å². The van der Waals surface area contributed by atoms with Gasteiger partial charge < -0.3 is 9.73 Å². The lowest BCUT2D eigenvalue weighted by atomic mass is 9.88. The Morgan fingerprint density at radius 3 is 2.86 bits per heavy atom. The molecule has 0 atom stereocenters. The Hall–Kier alpha value is -3.02. The Bertz CT molecular complexity index is 1140. The van der Waals surface area contributed by atoms with Crippen LogP contribution in [0.2, 0.25) is 0 Å². The van der Waals surface area contributed by atoms with Crippen molar-refractivity contribution in [1.29, 1.82) is 0 Å². The van der Waals surface area contributed by atoms with Crippen LogP contribution in [-0.2, 0) is 25.8 Å². The number of aryl methyl sites for hydroxylation is 2. The van der Waals surface area contributed by atoms with Crippen LogP contribution in [0.15, 0.2) is 35.3 Å². The highest BCUT2D eigenvalue weighted by atomic mass is 16.3. The Kier molecular flexibility index (Phi) is 4.39. The summed E-state index contributed by atoms with van der Waals surface area (Å²) in [6, 6.07) is 3.96. The molecule has 0 saturated heterocycles. The van der Waals surface area contributed by atoms with Gasteiger partial charge in [0.25, 0.3) is 0 Å². The first-order chi connectivity index (χ1) is 13.8. The van der Waals surface area contributed by atoms with Crippen LogP contribution in [0.4, 0.5) is 5.82 Å². The maximum atomic E-state index is 6.21. The molecule has 0 spiro atoms. The molecule has 0 aliphatic heterocycles. The number of hydrogen-bond donors (Lipinski definition) is 1. The van der Waals surface area contributed by atoms with E-state index in [1.807, 2.05) is 18.3 Å². The topological polar surface area (TPSA) is 76.7 Å². The van der Waals surface area contributed by atoms with E-state index in [0.717, 1.165) is 42.1 Å². The van der Waals surface area contributed by atoms with Crippen molar-refractivity contribution in [1.82, 2.24) is 19.9 Å². The van der Waals surface area contributed by atoms with Gasteiger partial charge in [-0.05, 0) is 54.9 Å². The number of nitrogens with one attached hydrogen (secondary N) is 1. The summed E-state index contributed by atoms with van der Waals surface area (Å²) < 4.78 is 6.21. The highest BCUT2D eigenvalue weighted by Crippen LogP contribution is 2.37. The van der Waals surface area contributed by atoms with Gasteiger partial charge in [0.2, 0.25) is 5.71 Å². The summed E-state index contributed by atoms with van der Waals surface area (Å²) in [6.45, 7) is 2.83. The second-order valence-electron chi connectivity index (χ2n) is 7.37. The largest absolute Gasteiger partial charge is 0.432 e. The molecule has 0 aromatic carbocycles. The standard InChI is InChI=1S/C22H23N5O/c1-2-6-17-15-8-3-4-9-16(15)18-19-20(28-22(18)27-17)21(26-13-25-19)24-12-14-7-5-10-23-11-14/h5,7,10-11,13H,2-4,6,8-9,12H2,1H3,(H,24,25,26). The van der Waals surface area contributed by atoms with Crippen molar-refractivity contribution in [3.8, 4) is 0 Å². The monoisotopic (exact) mass is 373 g/mol. The molecule has 142 valence electrons. The molecule has 5 rings (SSSR count). The predicted octanol–water partition coefficient (Wildman–Crippen LogP) is 4.61. The van der Waals surface area contributed by atoms with Gasteiger partial charge in [-0.3, -0.25) is 4.98 Å². The summed E-state index contributed by atoms with van der Waals surface area (Å²) in [5, 5.41) is 4.45. The van der Waals surface area contributed by atoms with Crippen LogP contribution >= 0.6 is 0 Å². The molecular weight excluding hydrogens is 350 g/mol. The minimum atomic E-state index is 0.629. The summed E-state index contributed by atoms with van der Waals surface area (Å²) in [4.78, 5) is 18.1. The van der Waals surface area contributed by atoms with Crippen LogP contribution in [0.1, 0.15) is 48.6 Å². The molecule has 0 unspecified atom stereocenters. The average Bonchev–Trinajstić information content (AvgIpc) is 3.12. The Morgan fingerprint density at radius 2 is 2.04 bits per heavy atom. The highest BCUT2D eigenvalue weighted by Gasteiger charge is 2.24. The first-order valence-electron chi connectivity index (χ1n) is 10.1. The molecule has 0 fully saturated rings. The van der Waals surface area contributed by atoms with Crippen molar-refractivity contribution in [2.45, 2.75) is 52.0 Å². The molecule has 4 aromatic heterocycles. The van der Waals surface area contributed by atoms with Gasteiger partial charge >= 0.3 is 0 Å². The van der Waals surface area contributed by atoms with E-state index >= 15 is 0 Å². The summed E-state index contributed by atoms with van der Waals surface area (Å²) in [5.74, 6) is 0.702. The normalized spacial score (nSPS) is 13.8. The maximum Gasteiger partial charge on any atom is 0.229 e. The lowest BCUT2D eigenvalue weighted by Crippen LogP contribution is -2.09. The fourth-order valence-corrected chi connectivity index (χ4v) is 4.20. The van der Waals surface area contributed by atoms with Crippen molar-refractivity contribution < 1.29 is 4.42 Å². The molecule has 6 heteroatoms. The Morgan fingerprint density at radius 1 is 1.14 bits per heavy atom. The van der Waals surface area contributed by atoms with E-state index in [1.54, 1.807) is 12.5 Å². The number of nitrogens with zero attached hydrogens (tertiary/aromatic N) is 4. The molecule has 1 aliphatic carbocycles. The van der Waals surface area contributed by atoms with E-state index < -0.39 is 0 Å². The third-order valence-electron chi connectivity index (χ3n) is 5.48. The molecule has 0 bridgehead atoms. The SMILES string of the molecule is CCCc1nc2oc3c(NCc4cccnc4)ncnc3c2c2c1CCCC2. The molecule has 1 N–H and O–H groups in total. The van der Waals surface area contributed by atoms with Crippen molar-refractivity contribution in [3.63, 3.8) is 0 Å². The van der Waals surface area contributed by atoms with Gasteiger partial charge in [0.1, 0.15) is 11.8 Å². The van der Waals surface area contributed by atoms with Crippen molar-refractivity contribution in [2.24, 2.45) is 0 Å². The van der Waals surface area contributed by atoms with Gasteiger partial charge in [0.05, 0.1) is 5.39 Å². The van der Waals surface area contributed by atoms with Gasteiger partial charge in [-0.1, -0.05) is 19.4 Å². The zero-order valence-electron chi connectivity index (χ0n) is 16.0. The summed E-state index contributed by atoms with van der Waals surface area (Å²) in [6.07, 6.45) is 11.9. The van der Waals surface area contributed by atoms with E-state index in [1.165, 1.54) is 29.7 Å². The quantitative estimate of drug-likeness (QED) is 0.550. The van der Waals surface area contributed by atoms with Gasteiger partial charge in [-0.2, -0.15) is 0 Å². The molecule has 28 heavy (non-hydrogen) atoms. The van der Waals surface area contributed by atoms with Crippen LogP contribution in [-0.4, -0.2) is 19.9 Å². The minimum absolute atomic E-state index is 0.629. The molecule has 0 radical (unpaired) electrons. The van der Waals surface area contributed by atoms with Crippen molar-refractivity contribution >= 4 is 28.0 Å². The highest BCUT2D eigenvalue weighted by molar-refractivity contribution is 6.06. The van der Waals surface area contributed by atoms with Gasteiger partial charge in [-0.25, -0.2) is 15.0 Å². The number of furan rings is 1. The maximum absolute atomic E-state index is 6.21. The molecular formula is C22H23N5O. The summed E-state index contributed by atoms with van der Waals surface area (Å²) >= 11 is 0. The number of rotatable bonds is 5. The lowest BCUT2D eigenvalue weighted by Gasteiger charge is -2.19. The van der Waals surface area contributed by atoms with Crippen LogP contribution < -0.4 is 5.32 Å². The smallest absolute Gasteiger partial charge is 0.229 e. The van der Waals surface area contributed by atoms with E-state index in [9.17, 15) is 0 Å².